The molecule has 0 aliphatic heterocycles. The van der Waals surface area contributed by atoms with E-state index < -0.39 is 0 Å². The first kappa shape index (κ1) is 15.4. The van der Waals surface area contributed by atoms with Crippen LogP contribution >= 0.6 is 0 Å². The maximum absolute atomic E-state index is 12.8. The number of benzene rings is 1. The van der Waals surface area contributed by atoms with E-state index in [1.807, 2.05) is 0 Å². The van der Waals surface area contributed by atoms with Gasteiger partial charge in [0.05, 0.1) is 0 Å². The summed E-state index contributed by atoms with van der Waals surface area (Å²) >= 11 is 0. The van der Waals surface area contributed by atoms with Gasteiger partial charge in [0.25, 0.3) is 0 Å². The average molecular weight is 266 g/mol. The van der Waals surface area contributed by atoms with Gasteiger partial charge in [0, 0.05) is 20.1 Å². The van der Waals surface area contributed by atoms with E-state index >= 15 is 0 Å². The normalized spacial score (nSPS) is 11.7. The lowest BCUT2D eigenvalue weighted by Crippen LogP contribution is -2.38. The van der Waals surface area contributed by atoms with Crippen molar-refractivity contribution in [3.05, 3.63) is 35.6 Å². The maximum atomic E-state index is 12.8. The van der Waals surface area contributed by atoms with Crippen molar-refractivity contribution in [1.29, 1.82) is 0 Å². The molecule has 0 saturated heterocycles. The predicted octanol–water partition coefficient (Wildman–Crippen LogP) is 1.44. The molecule has 0 radical (unpaired) electrons. The molecule has 0 spiro atoms. The zero-order valence-corrected chi connectivity index (χ0v) is 11.9. The molecule has 0 fully saturated rings. The molecule has 1 rings (SSSR count). The van der Waals surface area contributed by atoms with Crippen molar-refractivity contribution in [3.8, 4) is 0 Å². The third-order valence-electron chi connectivity index (χ3n) is 2.67. The molecule has 1 aromatic rings. The van der Waals surface area contributed by atoms with Crippen LogP contribution in [0.3, 0.4) is 0 Å². The highest BCUT2D eigenvalue weighted by Crippen LogP contribution is 2.01. The lowest BCUT2D eigenvalue weighted by molar-refractivity contribution is 0.399. The van der Waals surface area contributed by atoms with Crippen molar-refractivity contribution in [3.63, 3.8) is 0 Å². The van der Waals surface area contributed by atoms with Gasteiger partial charge in [0.15, 0.2) is 5.96 Å². The molecule has 0 bridgehead atoms. The number of aliphatic imine (C=N–C) groups is 1. The van der Waals surface area contributed by atoms with Crippen molar-refractivity contribution < 1.29 is 4.39 Å². The summed E-state index contributed by atoms with van der Waals surface area (Å²) in [4.78, 5) is 6.29. The topological polar surface area (TPSA) is 39.7 Å². The molecule has 0 unspecified atom stereocenters. The number of nitrogens with zero attached hydrogens (tertiary/aromatic N) is 2. The van der Waals surface area contributed by atoms with Crippen LogP contribution in [-0.4, -0.2) is 45.1 Å². The standard InChI is InChI=1S/C14H23FN4/c1-16-14(17-9-4-10-19(2)3)18-11-12-5-7-13(15)8-6-12/h5-8H,4,9-11H2,1-3H3,(H2,16,17,18). The summed E-state index contributed by atoms with van der Waals surface area (Å²) in [5.41, 5.74) is 1.03. The molecular weight excluding hydrogens is 243 g/mol. The van der Waals surface area contributed by atoms with Gasteiger partial charge in [-0.1, -0.05) is 12.1 Å². The molecule has 5 heteroatoms. The molecule has 0 aliphatic carbocycles. The number of hydrogen-bond acceptors (Lipinski definition) is 2. The highest BCUT2D eigenvalue weighted by atomic mass is 19.1. The number of halogens is 1. The van der Waals surface area contributed by atoms with Crippen LogP contribution in [0, 0.1) is 5.82 Å². The van der Waals surface area contributed by atoms with Gasteiger partial charge in [-0.05, 0) is 44.8 Å². The van der Waals surface area contributed by atoms with Crippen molar-refractivity contribution >= 4 is 5.96 Å². The molecule has 1 aromatic carbocycles. The highest BCUT2D eigenvalue weighted by Gasteiger charge is 1.98. The van der Waals surface area contributed by atoms with Crippen molar-refractivity contribution in [2.45, 2.75) is 13.0 Å². The molecule has 106 valence electrons. The second-order valence-corrected chi connectivity index (χ2v) is 4.64. The monoisotopic (exact) mass is 266 g/mol. The Kier molecular flexibility index (Phi) is 6.89. The third kappa shape index (κ3) is 6.76. The molecular formula is C14H23FN4. The molecule has 4 nitrogen and oxygen atoms in total. The number of guanidine groups is 1. The number of rotatable bonds is 6. The third-order valence-corrected chi connectivity index (χ3v) is 2.67. The van der Waals surface area contributed by atoms with Gasteiger partial charge in [-0.2, -0.15) is 0 Å². The second kappa shape index (κ2) is 8.48. The molecule has 0 heterocycles. The Bertz CT molecular complexity index is 387. The Morgan fingerprint density at radius 3 is 2.47 bits per heavy atom. The minimum absolute atomic E-state index is 0.213. The lowest BCUT2D eigenvalue weighted by Gasteiger charge is -2.13. The Morgan fingerprint density at radius 1 is 1.21 bits per heavy atom. The summed E-state index contributed by atoms with van der Waals surface area (Å²) in [6, 6.07) is 6.46. The van der Waals surface area contributed by atoms with E-state index in [-0.39, 0.29) is 5.82 Å². The van der Waals surface area contributed by atoms with Crippen LogP contribution in [0.2, 0.25) is 0 Å². The van der Waals surface area contributed by atoms with E-state index in [4.69, 9.17) is 0 Å². The van der Waals surface area contributed by atoms with E-state index in [1.54, 1.807) is 19.2 Å². The van der Waals surface area contributed by atoms with Gasteiger partial charge in [-0.25, -0.2) is 4.39 Å². The van der Waals surface area contributed by atoms with Gasteiger partial charge in [-0.3, -0.25) is 4.99 Å². The van der Waals surface area contributed by atoms with Crippen molar-refractivity contribution in [2.24, 2.45) is 4.99 Å². The summed E-state index contributed by atoms with van der Waals surface area (Å²) in [6.45, 7) is 2.55. The van der Waals surface area contributed by atoms with E-state index in [1.165, 1.54) is 12.1 Å². The summed E-state index contributed by atoms with van der Waals surface area (Å²) in [6.07, 6.45) is 1.06. The first-order chi connectivity index (χ1) is 9.11. The summed E-state index contributed by atoms with van der Waals surface area (Å²) < 4.78 is 12.8. The van der Waals surface area contributed by atoms with Gasteiger partial charge >= 0.3 is 0 Å². The van der Waals surface area contributed by atoms with E-state index in [2.05, 4.69) is 34.6 Å². The minimum atomic E-state index is -0.213. The van der Waals surface area contributed by atoms with E-state index in [0.29, 0.717) is 6.54 Å². The summed E-state index contributed by atoms with van der Waals surface area (Å²) in [7, 11) is 5.86. The fourth-order valence-electron chi connectivity index (χ4n) is 1.61. The lowest BCUT2D eigenvalue weighted by atomic mass is 10.2. The molecule has 0 amide bonds. The molecule has 2 N–H and O–H groups in total. The highest BCUT2D eigenvalue weighted by molar-refractivity contribution is 5.79. The number of hydrogen-bond donors (Lipinski definition) is 2. The largest absolute Gasteiger partial charge is 0.356 e. The Labute approximate surface area is 114 Å². The van der Waals surface area contributed by atoms with E-state index in [9.17, 15) is 4.39 Å². The van der Waals surface area contributed by atoms with Crippen LogP contribution in [0.15, 0.2) is 29.3 Å². The van der Waals surface area contributed by atoms with Gasteiger partial charge in [0.2, 0.25) is 0 Å². The van der Waals surface area contributed by atoms with Crippen LogP contribution in [0.25, 0.3) is 0 Å². The Balaban J connectivity index is 2.27. The van der Waals surface area contributed by atoms with Crippen LogP contribution in [0.4, 0.5) is 4.39 Å². The molecule has 0 aliphatic rings. The van der Waals surface area contributed by atoms with Gasteiger partial charge in [0.1, 0.15) is 5.82 Å². The Morgan fingerprint density at radius 2 is 1.89 bits per heavy atom. The zero-order chi connectivity index (χ0) is 14.1. The van der Waals surface area contributed by atoms with E-state index in [0.717, 1.165) is 31.0 Å². The van der Waals surface area contributed by atoms with Crippen LogP contribution in [-0.2, 0) is 6.54 Å². The minimum Gasteiger partial charge on any atom is -0.356 e. The first-order valence-corrected chi connectivity index (χ1v) is 6.45. The summed E-state index contributed by atoms with van der Waals surface area (Å²) in [5.74, 6) is 0.554. The van der Waals surface area contributed by atoms with Crippen molar-refractivity contribution in [2.75, 3.05) is 34.2 Å². The molecule has 0 saturated carbocycles. The van der Waals surface area contributed by atoms with Gasteiger partial charge < -0.3 is 15.5 Å². The second-order valence-electron chi connectivity index (χ2n) is 4.64. The zero-order valence-electron chi connectivity index (χ0n) is 11.9. The van der Waals surface area contributed by atoms with Crippen molar-refractivity contribution in [1.82, 2.24) is 15.5 Å². The fourth-order valence-corrected chi connectivity index (χ4v) is 1.61. The van der Waals surface area contributed by atoms with Crippen LogP contribution in [0.1, 0.15) is 12.0 Å². The quantitative estimate of drug-likeness (QED) is 0.465. The predicted molar refractivity (Wildman–Crippen MR) is 77.8 cm³/mol. The fraction of sp³-hybridized carbons (Fsp3) is 0.500. The first-order valence-electron chi connectivity index (χ1n) is 6.45. The number of nitrogens with one attached hydrogen (secondary N) is 2. The smallest absolute Gasteiger partial charge is 0.191 e. The molecule has 0 atom stereocenters. The summed E-state index contributed by atoms with van der Waals surface area (Å²) in [5, 5.41) is 6.44. The van der Waals surface area contributed by atoms with Crippen LogP contribution < -0.4 is 10.6 Å². The van der Waals surface area contributed by atoms with Crippen LogP contribution in [0.5, 0.6) is 0 Å². The molecule has 0 aromatic heterocycles. The average Bonchev–Trinajstić information content (AvgIpc) is 2.39. The Hall–Kier alpha value is -1.62. The maximum Gasteiger partial charge on any atom is 0.191 e. The molecule has 19 heavy (non-hydrogen) atoms. The van der Waals surface area contributed by atoms with Gasteiger partial charge in [-0.15, -0.1) is 0 Å². The SMILES string of the molecule is CN=C(NCCCN(C)C)NCc1ccc(F)cc1.